The van der Waals surface area contributed by atoms with Gasteiger partial charge in [0.05, 0.1) is 6.42 Å². The normalized spacial score (nSPS) is 15.0. The molecule has 1 aliphatic rings. The van der Waals surface area contributed by atoms with Crippen LogP contribution in [0.5, 0.6) is 0 Å². The summed E-state index contributed by atoms with van der Waals surface area (Å²) in [5, 5.41) is 6.92. The first-order valence-corrected chi connectivity index (χ1v) is 12.1. The van der Waals surface area contributed by atoms with E-state index in [4.69, 9.17) is 0 Å². The van der Waals surface area contributed by atoms with Gasteiger partial charge in [-0.2, -0.15) is 4.31 Å². The topological polar surface area (TPSA) is 95.6 Å². The van der Waals surface area contributed by atoms with Gasteiger partial charge < -0.3 is 10.6 Å². The minimum absolute atomic E-state index is 0.0345. The molecule has 0 radical (unpaired) electrons. The lowest BCUT2D eigenvalue weighted by atomic mass is 10.1. The Balaban J connectivity index is 1.49. The minimum atomic E-state index is -3.69. The number of thiophene rings is 1. The number of nitrogens with zero attached hydrogens (tertiary/aromatic N) is 1. The number of benzene rings is 1. The van der Waals surface area contributed by atoms with Crippen LogP contribution in [0.25, 0.3) is 0 Å². The van der Waals surface area contributed by atoms with Gasteiger partial charge in [-0.25, -0.2) is 12.8 Å². The van der Waals surface area contributed by atoms with E-state index >= 15 is 0 Å². The number of hydrogen-bond donors (Lipinski definition) is 2. The van der Waals surface area contributed by atoms with Gasteiger partial charge in [0.15, 0.2) is 0 Å². The van der Waals surface area contributed by atoms with Crippen LogP contribution in [-0.2, 0) is 21.2 Å². The first kappa shape index (κ1) is 22.4. The number of hydrogen-bond acceptors (Lipinski definition) is 5. The highest BCUT2D eigenvalue weighted by Crippen LogP contribution is 2.27. The number of amides is 2. The van der Waals surface area contributed by atoms with E-state index in [1.807, 2.05) is 0 Å². The van der Waals surface area contributed by atoms with Gasteiger partial charge in [-0.3, -0.25) is 9.59 Å². The highest BCUT2D eigenvalue weighted by atomic mass is 32.2. The van der Waals surface area contributed by atoms with E-state index in [0.717, 1.165) is 30.6 Å². The molecule has 3 rings (SSSR count). The lowest BCUT2D eigenvalue weighted by Gasteiger charge is -2.25. The number of piperidine rings is 1. The summed E-state index contributed by atoms with van der Waals surface area (Å²) in [7, 11) is -3.69. The zero-order chi connectivity index (χ0) is 21.6. The van der Waals surface area contributed by atoms with Gasteiger partial charge in [0, 0.05) is 26.2 Å². The van der Waals surface area contributed by atoms with Crippen LogP contribution in [0.15, 0.2) is 40.6 Å². The molecule has 2 amide bonds. The average Bonchev–Trinajstić information content (AvgIpc) is 3.24. The van der Waals surface area contributed by atoms with Gasteiger partial charge in [0.2, 0.25) is 15.9 Å². The Hall–Kier alpha value is -2.30. The van der Waals surface area contributed by atoms with Crippen molar-refractivity contribution < 1.29 is 22.4 Å². The third-order valence-electron chi connectivity index (χ3n) is 4.78. The van der Waals surface area contributed by atoms with E-state index < -0.39 is 15.9 Å². The van der Waals surface area contributed by atoms with E-state index in [0.29, 0.717) is 18.7 Å². The molecule has 0 bridgehead atoms. The van der Waals surface area contributed by atoms with Crippen molar-refractivity contribution >= 4 is 33.2 Å². The molecule has 1 aliphatic heterocycles. The Morgan fingerprint density at radius 3 is 2.37 bits per heavy atom. The molecule has 2 heterocycles. The van der Waals surface area contributed by atoms with E-state index in [9.17, 15) is 22.4 Å². The van der Waals surface area contributed by atoms with Crippen molar-refractivity contribution in [3.8, 4) is 0 Å². The average molecular weight is 454 g/mol. The summed E-state index contributed by atoms with van der Waals surface area (Å²) < 4.78 is 40.0. The first-order valence-electron chi connectivity index (χ1n) is 9.75. The van der Waals surface area contributed by atoms with E-state index in [1.54, 1.807) is 5.38 Å². The maximum absolute atomic E-state index is 12.9. The zero-order valence-electron chi connectivity index (χ0n) is 16.4. The molecule has 1 saturated heterocycles. The summed E-state index contributed by atoms with van der Waals surface area (Å²) >= 11 is 1.08. The van der Waals surface area contributed by atoms with Gasteiger partial charge in [0.1, 0.15) is 15.6 Å². The standard InChI is InChI=1S/C20H24FN3O4S2/c21-16-6-4-15(5-7-16)14-18(25)22-9-10-23-20(26)19-17(8-13-29-19)30(27,28)24-11-2-1-3-12-24/h4-8,13H,1-3,9-12,14H2,(H,22,25)(H,23,26). The Bertz CT molecular complexity index is 984. The zero-order valence-corrected chi connectivity index (χ0v) is 18.0. The summed E-state index contributed by atoms with van der Waals surface area (Å²) in [5.74, 6) is -1.09. The molecular weight excluding hydrogens is 429 g/mol. The van der Waals surface area contributed by atoms with Crippen molar-refractivity contribution in [1.82, 2.24) is 14.9 Å². The largest absolute Gasteiger partial charge is 0.354 e. The molecule has 0 atom stereocenters. The fourth-order valence-corrected chi connectivity index (χ4v) is 6.05. The molecule has 1 aromatic heterocycles. The summed E-state index contributed by atoms with van der Waals surface area (Å²) in [4.78, 5) is 24.6. The number of carbonyl (C=O) groups excluding carboxylic acids is 2. The van der Waals surface area contributed by atoms with Gasteiger partial charge in [-0.05, 0) is 42.0 Å². The second kappa shape index (κ2) is 10.1. The second-order valence-electron chi connectivity index (χ2n) is 6.99. The molecule has 0 saturated carbocycles. The van der Waals surface area contributed by atoms with Crippen molar-refractivity contribution in [3.05, 3.63) is 52.0 Å². The van der Waals surface area contributed by atoms with Crippen molar-refractivity contribution in [1.29, 1.82) is 0 Å². The number of halogens is 1. The molecule has 2 N–H and O–H groups in total. The Morgan fingerprint density at radius 2 is 1.67 bits per heavy atom. The lowest BCUT2D eigenvalue weighted by Crippen LogP contribution is -2.37. The molecular formula is C20H24FN3O4S2. The fourth-order valence-electron chi connectivity index (χ4n) is 3.22. The molecule has 0 unspecified atom stereocenters. The number of sulfonamides is 1. The van der Waals surface area contributed by atoms with Gasteiger partial charge in [-0.15, -0.1) is 11.3 Å². The summed E-state index contributed by atoms with van der Waals surface area (Å²) in [5.41, 5.74) is 0.684. The van der Waals surface area contributed by atoms with E-state index in [1.165, 1.54) is 34.6 Å². The Kier molecular flexibility index (Phi) is 7.57. The van der Waals surface area contributed by atoms with Crippen LogP contribution in [0.1, 0.15) is 34.5 Å². The van der Waals surface area contributed by atoms with Crippen molar-refractivity contribution in [2.75, 3.05) is 26.2 Å². The minimum Gasteiger partial charge on any atom is -0.354 e. The highest BCUT2D eigenvalue weighted by Gasteiger charge is 2.30. The van der Waals surface area contributed by atoms with Crippen molar-refractivity contribution in [2.24, 2.45) is 0 Å². The molecule has 162 valence electrons. The van der Waals surface area contributed by atoms with Crippen LogP contribution in [-0.4, -0.2) is 50.7 Å². The van der Waals surface area contributed by atoms with E-state index in [-0.39, 0.29) is 41.0 Å². The number of rotatable bonds is 8. The van der Waals surface area contributed by atoms with Crippen LogP contribution in [0.2, 0.25) is 0 Å². The van der Waals surface area contributed by atoms with Crippen molar-refractivity contribution in [3.63, 3.8) is 0 Å². The predicted molar refractivity (Wildman–Crippen MR) is 112 cm³/mol. The van der Waals surface area contributed by atoms with Gasteiger partial charge in [0.25, 0.3) is 5.91 Å². The summed E-state index contributed by atoms with van der Waals surface area (Å²) in [6.45, 7) is 1.30. The van der Waals surface area contributed by atoms with Crippen molar-refractivity contribution in [2.45, 2.75) is 30.6 Å². The van der Waals surface area contributed by atoms with Gasteiger partial charge >= 0.3 is 0 Å². The van der Waals surface area contributed by atoms with Crippen LogP contribution < -0.4 is 10.6 Å². The monoisotopic (exact) mass is 453 g/mol. The molecule has 1 aromatic carbocycles. The lowest BCUT2D eigenvalue weighted by molar-refractivity contribution is -0.120. The maximum Gasteiger partial charge on any atom is 0.262 e. The van der Waals surface area contributed by atoms with E-state index in [2.05, 4.69) is 10.6 Å². The molecule has 30 heavy (non-hydrogen) atoms. The summed E-state index contributed by atoms with van der Waals surface area (Å²) in [6.07, 6.45) is 2.76. The number of carbonyl (C=O) groups is 2. The Labute approximate surface area is 179 Å². The third kappa shape index (κ3) is 5.65. The molecule has 0 aliphatic carbocycles. The van der Waals surface area contributed by atoms with Crippen LogP contribution in [0.3, 0.4) is 0 Å². The molecule has 0 spiro atoms. The summed E-state index contributed by atoms with van der Waals surface area (Å²) in [6, 6.07) is 7.13. The second-order valence-corrected chi connectivity index (χ2v) is 9.81. The van der Waals surface area contributed by atoms with Gasteiger partial charge in [-0.1, -0.05) is 18.6 Å². The Morgan fingerprint density at radius 1 is 1.00 bits per heavy atom. The SMILES string of the molecule is O=C(Cc1ccc(F)cc1)NCCNC(=O)c1sccc1S(=O)(=O)N1CCCCC1. The van der Waals surface area contributed by atoms with Crippen LogP contribution in [0, 0.1) is 5.82 Å². The molecule has 10 heteroatoms. The quantitative estimate of drug-likeness (QED) is 0.599. The molecule has 7 nitrogen and oxygen atoms in total. The highest BCUT2D eigenvalue weighted by molar-refractivity contribution is 7.89. The maximum atomic E-state index is 12.9. The third-order valence-corrected chi connectivity index (χ3v) is 7.76. The molecule has 1 fully saturated rings. The molecule has 2 aromatic rings. The van der Waals surface area contributed by atoms with Crippen LogP contribution in [0.4, 0.5) is 4.39 Å². The smallest absolute Gasteiger partial charge is 0.262 e. The predicted octanol–water partition coefficient (Wildman–Crippen LogP) is 2.15. The van der Waals surface area contributed by atoms with Crippen LogP contribution >= 0.6 is 11.3 Å². The number of nitrogens with one attached hydrogen (secondary N) is 2. The fraction of sp³-hybridized carbons (Fsp3) is 0.400. The first-order chi connectivity index (χ1) is 14.4.